The van der Waals surface area contributed by atoms with Gasteiger partial charge in [0.1, 0.15) is 11.5 Å². The van der Waals surface area contributed by atoms with E-state index >= 15 is 0 Å². The largest absolute Gasteiger partial charge is 0.466 e. The van der Waals surface area contributed by atoms with Crippen molar-refractivity contribution in [3.05, 3.63) is 23.2 Å². The second-order valence-electron chi connectivity index (χ2n) is 3.36. The molecule has 0 bridgehead atoms. The minimum absolute atomic E-state index is 0.0141. The zero-order chi connectivity index (χ0) is 10.7. The fourth-order valence-electron chi connectivity index (χ4n) is 1.46. The lowest BCUT2D eigenvalue weighted by Crippen LogP contribution is -2.32. The normalized spacial score (nSPS) is 12.6. The molecule has 0 saturated heterocycles. The summed E-state index contributed by atoms with van der Waals surface area (Å²) in [4.78, 5) is 11.0. The van der Waals surface area contributed by atoms with Crippen LogP contribution in [0, 0.1) is 13.8 Å². The van der Waals surface area contributed by atoms with Crippen molar-refractivity contribution in [3.63, 3.8) is 0 Å². The van der Waals surface area contributed by atoms with Crippen molar-refractivity contribution in [2.45, 2.75) is 26.8 Å². The Kier molecular flexibility index (Phi) is 3.30. The molecule has 0 radical (unpaired) electrons. The van der Waals surface area contributed by atoms with Crippen LogP contribution in [-0.2, 0) is 4.79 Å². The van der Waals surface area contributed by atoms with Gasteiger partial charge in [-0.3, -0.25) is 4.79 Å². The second-order valence-corrected chi connectivity index (χ2v) is 3.36. The van der Waals surface area contributed by atoms with Gasteiger partial charge in [-0.05, 0) is 26.8 Å². The van der Waals surface area contributed by atoms with E-state index in [2.05, 4.69) is 5.32 Å². The lowest BCUT2D eigenvalue weighted by atomic mass is 10.1. The van der Waals surface area contributed by atoms with Crippen LogP contribution in [0.5, 0.6) is 0 Å². The first-order valence-electron chi connectivity index (χ1n) is 4.61. The molecule has 0 fully saturated rings. The fourth-order valence-corrected chi connectivity index (χ4v) is 1.46. The van der Waals surface area contributed by atoms with Gasteiger partial charge in [-0.1, -0.05) is 0 Å². The molecule has 1 aromatic heterocycles. The van der Waals surface area contributed by atoms with E-state index in [-0.39, 0.29) is 18.5 Å². The third-order valence-electron chi connectivity index (χ3n) is 2.11. The first-order chi connectivity index (χ1) is 6.54. The molecule has 4 heteroatoms. The Bertz CT molecular complexity index is 331. The van der Waals surface area contributed by atoms with Gasteiger partial charge in [-0.15, -0.1) is 0 Å². The van der Waals surface area contributed by atoms with Crippen molar-refractivity contribution in [1.29, 1.82) is 0 Å². The van der Waals surface area contributed by atoms with Gasteiger partial charge in [-0.2, -0.15) is 0 Å². The minimum atomic E-state index is -0.157. The van der Waals surface area contributed by atoms with Gasteiger partial charge in [0.2, 0.25) is 5.91 Å². The van der Waals surface area contributed by atoms with E-state index in [4.69, 9.17) is 10.2 Å². The van der Waals surface area contributed by atoms with E-state index in [0.29, 0.717) is 0 Å². The van der Waals surface area contributed by atoms with Gasteiger partial charge in [-0.25, -0.2) is 0 Å². The van der Waals surface area contributed by atoms with Gasteiger partial charge in [0.15, 0.2) is 0 Å². The molecule has 0 aliphatic rings. The van der Waals surface area contributed by atoms with E-state index in [1.54, 1.807) is 0 Å². The van der Waals surface area contributed by atoms with E-state index < -0.39 is 0 Å². The highest BCUT2D eigenvalue weighted by Crippen LogP contribution is 2.20. The van der Waals surface area contributed by atoms with Crippen molar-refractivity contribution < 1.29 is 9.21 Å². The number of carbonyl (C=O) groups excluding carboxylic acids is 1. The van der Waals surface area contributed by atoms with Crippen molar-refractivity contribution in [1.82, 2.24) is 5.32 Å². The smallest absolute Gasteiger partial charge is 0.234 e. The quantitative estimate of drug-likeness (QED) is 0.758. The zero-order valence-corrected chi connectivity index (χ0v) is 8.76. The zero-order valence-electron chi connectivity index (χ0n) is 8.76. The molecule has 0 aromatic carbocycles. The summed E-state index contributed by atoms with van der Waals surface area (Å²) in [5.41, 5.74) is 6.21. The maximum Gasteiger partial charge on any atom is 0.234 e. The van der Waals surface area contributed by atoms with E-state index in [9.17, 15) is 4.79 Å². The molecule has 1 aromatic rings. The summed E-state index contributed by atoms with van der Waals surface area (Å²) in [7, 11) is 0. The molecule has 0 spiro atoms. The highest BCUT2D eigenvalue weighted by molar-refractivity contribution is 5.78. The molecular weight excluding hydrogens is 180 g/mol. The van der Waals surface area contributed by atoms with Crippen molar-refractivity contribution in [3.8, 4) is 0 Å². The molecule has 1 unspecified atom stereocenters. The number of aryl methyl sites for hydroxylation is 2. The molecule has 0 aliphatic carbocycles. The van der Waals surface area contributed by atoms with E-state index in [1.165, 1.54) is 0 Å². The molecule has 1 atom stereocenters. The van der Waals surface area contributed by atoms with Crippen LogP contribution in [0.4, 0.5) is 0 Å². The summed E-state index contributed by atoms with van der Waals surface area (Å²) in [5, 5.41) is 2.78. The predicted octanol–water partition coefficient (Wildman–Crippen LogP) is 1.03. The summed E-state index contributed by atoms with van der Waals surface area (Å²) in [6, 6.07) is 1.88. The lowest BCUT2D eigenvalue weighted by Gasteiger charge is -2.11. The molecule has 3 N–H and O–H groups in total. The van der Waals surface area contributed by atoms with Crippen molar-refractivity contribution >= 4 is 5.91 Å². The van der Waals surface area contributed by atoms with Crippen LogP contribution >= 0.6 is 0 Å². The maximum atomic E-state index is 11.0. The van der Waals surface area contributed by atoms with Crippen molar-refractivity contribution in [2.24, 2.45) is 5.73 Å². The summed E-state index contributed by atoms with van der Waals surface area (Å²) in [5.74, 6) is 1.54. The summed E-state index contributed by atoms with van der Waals surface area (Å²) in [6.07, 6.45) is 0. The molecule has 14 heavy (non-hydrogen) atoms. The Morgan fingerprint density at radius 3 is 2.71 bits per heavy atom. The Labute approximate surface area is 83.5 Å². The van der Waals surface area contributed by atoms with Crippen LogP contribution in [0.25, 0.3) is 0 Å². The van der Waals surface area contributed by atoms with Crippen LogP contribution in [0.2, 0.25) is 0 Å². The van der Waals surface area contributed by atoms with Crippen LogP contribution in [0.1, 0.15) is 30.0 Å². The lowest BCUT2D eigenvalue weighted by molar-refractivity contribution is -0.120. The molecule has 0 aliphatic heterocycles. The Morgan fingerprint density at radius 1 is 1.64 bits per heavy atom. The van der Waals surface area contributed by atoms with Crippen LogP contribution in [0.15, 0.2) is 10.5 Å². The van der Waals surface area contributed by atoms with Gasteiger partial charge in [0.05, 0.1) is 12.6 Å². The van der Waals surface area contributed by atoms with Crippen LogP contribution in [0.3, 0.4) is 0 Å². The summed E-state index contributed by atoms with van der Waals surface area (Å²) >= 11 is 0. The molecule has 1 amide bonds. The Hall–Kier alpha value is -1.29. The number of nitrogens with one attached hydrogen (secondary N) is 1. The molecular formula is C10H16N2O2. The average molecular weight is 196 g/mol. The molecule has 0 saturated carbocycles. The first kappa shape index (κ1) is 10.8. The van der Waals surface area contributed by atoms with E-state index in [0.717, 1.165) is 17.1 Å². The van der Waals surface area contributed by atoms with Crippen LogP contribution < -0.4 is 11.1 Å². The Balaban J connectivity index is 2.73. The number of carbonyl (C=O) groups is 1. The standard InChI is InChI=1S/C10H16N2O2/c1-6-4-9(8(3)14-6)7(2)12-10(13)5-11/h4,7H,5,11H2,1-3H3,(H,12,13). The maximum absolute atomic E-state index is 11.0. The molecule has 1 rings (SSSR count). The highest BCUT2D eigenvalue weighted by atomic mass is 16.3. The number of rotatable bonds is 3. The predicted molar refractivity (Wildman–Crippen MR) is 53.8 cm³/mol. The number of hydrogen-bond donors (Lipinski definition) is 2. The summed E-state index contributed by atoms with van der Waals surface area (Å²) in [6.45, 7) is 5.69. The first-order valence-corrected chi connectivity index (χ1v) is 4.61. The fraction of sp³-hybridized carbons (Fsp3) is 0.500. The molecule has 78 valence electrons. The third kappa shape index (κ3) is 2.35. The number of amides is 1. The van der Waals surface area contributed by atoms with Crippen LogP contribution in [-0.4, -0.2) is 12.5 Å². The monoisotopic (exact) mass is 196 g/mol. The van der Waals surface area contributed by atoms with Crippen molar-refractivity contribution in [2.75, 3.05) is 6.54 Å². The average Bonchev–Trinajstić information content (AvgIpc) is 2.45. The topological polar surface area (TPSA) is 68.3 Å². The number of nitrogens with two attached hydrogens (primary N) is 1. The third-order valence-corrected chi connectivity index (χ3v) is 2.11. The second kappa shape index (κ2) is 4.28. The minimum Gasteiger partial charge on any atom is -0.466 e. The number of hydrogen-bond acceptors (Lipinski definition) is 3. The van der Waals surface area contributed by atoms with Gasteiger partial charge >= 0.3 is 0 Å². The SMILES string of the molecule is Cc1cc(C(C)NC(=O)CN)c(C)o1. The summed E-state index contributed by atoms with van der Waals surface area (Å²) < 4.78 is 5.37. The Morgan fingerprint density at radius 2 is 2.29 bits per heavy atom. The van der Waals surface area contributed by atoms with Gasteiger partial charge in [0, 0.05) is 5.56 Å². The molecule has 4 nitrogen and oxygen atoms in total. The van der Waals surface area contributed by atoms with E-state index in [1.807, 2.05) is 26.8 Å². The molecule has 1 heterocycles. The van der Waals surface area contributed by atoms with Gasteiger partial charge < -0.3 is 15.5 Å². The highest BCUT2D eigenvalue weighted by Gasteiger charge is 2.13. The number of furan rings is 1. The van der Waals surface area contributed by atoms with Gasteiger partial charge in [0.25, 0.3) is 0 Å².